The van der Waals surface area contributed by atoms with E-state index >= 15 is 0 Å². The summed E-state index contributed by atoms with van der Waals surface area (Å²) in [7, 11) is 1.99. The molecule has 1 aliphatic heterocycles. The smallest absolute Gasteiger partial charge is 0.192 e. The summed E-state index contributed by atoms with van der Waals surface area (Å²) in [6.45, 7) is 12.2. The summed E-state index contributed by atoms with van der Waals surface area (Å²) in [5.74, 6) is 3.23. The second-order valence-corrected chi connectivity index (χ2v) is 8.40. The highest BCUT2D eigenvalue weighted by molar-refractivity contribution is 5.79. The number of aromatic nitrogens is 3. The van der Waals surface area contributed by atoms with E-state index < -0.39 is 0 Å². The zero-order valence-electron chi connectivity index (χ0n) is 20.0. The molecule has 0 saturated carbocycles. The Morgan fingerprint density at radius 3 is 2.44 bits per heavy atom. The maximum atomic E-state index is 5.60. The molecular weight excluding hydrogens is 402 g/mol. The number of nitrogens with zero attached hydrogens (tertiary/aromatic N) is 5. The lowest BCUT2D eigenvalue weighted by Gasteiger charge is -2.39. The fraction of sp³-hybridized carbons (Fsp3) is 0.625. The summed E-state index contributed by atoms with van der Waals surface area (Å²) in [6, 6.07) is 10.8. The van der Waals surface area contributed by atoms with Gasteiger partial charge < -0.3 is 19.9 Å². The average molecular weight is 442 g/mol. The van der Waals surface area contributed by atoms with Gasteiger partial charge in [0, 0.05) is 32.7 Å². The Bertz CT molecular complexity index is 826. The fourth-order valence-electron chi connectivity index (χ4n) is 4.23. The molecule has 0 amide bonds. The van der Waals surface area contributed by atoms with Gasteiger partial charge in [-0.2, -0.15) is 0 Å². The Labute approximate surface area is 192 Å². The summed E-state index contributed by atoms with van der Waals surface area (Å²) in [5, 5.41) is 15.5. The fourth-order valence-corrected chi connectivity index (χ4v) is 4.23. The summed E-state index contributed by atoms with van der Waals surface area (Å²) in [4.78, 5) is 7.45. The molecule has 176 valence electrons. The number of rotatable bonds is 10. The summed E-state index contributed by atoms with van der Waals surface area (Å²) in [5.41, 5.74) is 1.19. The number of hydrogen-bond donors (Lipinski definition) is 2. The zero-order chi connectivity index (χ0) is 22.8. The third kappa shape index (κ3) is 6.77. The van der Waals surface area contributed by atoms with Gasteiger partial charge >= 0.3 is 0 Å². The third-order valence-corrected chi connectivity index (χ3v) is 6.45. The lowest BCUT2D eigenvalue weighted by molar-refractivity contribution is 0.00271. The van der Waals surface area contributed by atoms with Crippen molar-refractivity contribution in [1.82, 2.24) is 30.3 Å². The SMILES string of the molecule is CCC(CC)C(CNC(=NCc1ccccc1)NCc1nnc(C)n1C)N1CCOCC1. The zero-order valence-corrected chi connectivity index (χ0v) is 20.0. The van der Waals surface area contributed by atoms with E-state index in [0.717, 1.165) is 50.5 Å². The normalized spacial score (nSPS) is 16.3. The largest absolute Gasteiger partial charge is 0.379 e. The van der Waals surface area contributed by atoms with E-state index in [1.54, 1.807) is 0 Å². The number of benzene rings is 1. The van der Waals surface area contributed by atoms with Crippen LogP contribution in [0.1, 0.15) is 43.9 Å². The Hall–Kier alpha value is -2.45. The van der Waals surface area contributed by atoms with Gasteiger partial charge in [0.1, 0.15) is 5.82 Å². The van der Waals surface area contributed by atoms with Crippen molar-refractivity contribution in [3.05, 3.63) is 47.5 Å². The van der Waals surface area contributed by atoms with Crippen molar-refractivity contribution in [2.45, 2.75) is 52.7 Å². The van der Waals surface area contributed by atoms with Crippen LogP contribution in [0.4, 0.5) is 0 Å². The maximum Gasteiger partial charge on any atom is 0.192 e. The quantitative estimate of drug-likeness (QED) is 0.436. The minimum atomic E-state index is 0.453. The van der Waals surface area contributed by atoms with Gasteiger partial charge in [0.15, 0.2) is 11.8 Å². The molecule has 1 aromatic carbocycles. The van der Waals surface area contributed by atoms with Gasteiger partial charge in [-0.25, -0.2) is 4.99 Å². The number of aryl methyl sites for hydroxylation is 1. The standard InChI is InChI=1S/C24H39N7O/c1-5-21(6-2)22(31-12-14-32-15-13-31)17-26-24(25-16-20-10-8-7-9-11-20)27-18-23-29-28-19(3)30(23)4/h7-11,21-22H,5-6,12-18H2,1-4H3,(H2,25,26,27). The molecule has 1 fully saturated rings. The molecule has 1 saturated heterocycles. The van der Waals surface area contributed by atoms with Crippen LogP contribution < -0.4 is 10.6 Å². The van der Waals surface area contributed by atoms with Gasteiger partial charge in [-0.05, 0) is 18.4 Å². The minimum Gasteiger partial charge on any atom is -0.379 e. The predicted octanol–water partition coefficient (Wildman–Crippen LogP) is 2.50. The molecule has 1 atom stereocenters. The second kappa shape index (κ2) is 12.6. The lowest BCUT2D eigenvalue weighted by Crippen LogP contribution is -2.53. The van der Waals surface area contributed by atoms with Crippen LogP contribution in [-0.2, 0) is 24.9 Å². The number of morpholine rings is 1. The summed E-state index contributed by atoms with van der Waals surface area (Å²) >= 11 is 0. The number of nitrogens with one attached hydrogen (secondary N) is 2. The molecule has 0 spiro atoms. The molecule has 32 heavy (non-hydrogen) atoms. The molecule has 2 N–H and O–H groups in total. The van der Waals surface area contributed by atoms with Gasteiger partial charge in [-0.3, -0.25) is 4.90 Å². The lowest BCUT2D eigenvalue weighted by atomic mass is 9.92. The van der Waals surface area contributed by atoms with Gasteiger partial charge in [0.25, 0.3) is 0 Å². The molecule has 0 bridgehead atoms. The van der Waals surface area contributed by atoms with E-state index in [2.05, 4.69) is 63.8 Å². The first-order chi connectivity index (χ1) is 15.6. The molecule has 2 heterocycles. The van der Waals surface area contributed by atoms with E-state index in [-0.39, 0.29) is 0 Å². The summed E-state index contributed by atoms with van der Waals surface area (Å²) in [6.07, 6.45) is 2.34. The van der Waals surface area contributed by atoms with Crippen molar-refractivity contribution in [1.29, 1.82) is 0 Å². The predicted molar refractivity (Wildman–Crippen MR) is 128 cm³/mol. The van der Waals surface area contributed by atoms with Crippen molar-refractivity contribution >= 4 is 5.96 Å². The van der Waals surface area contributed by atoms with Crippen molar-refractivity contribution in [3.63, 3.8) is 0 Å². The molecule has 8 nitrogen and oxygen atoms in total. The molecule has 0 aliphatic carbocycles. The first-order valence-electron chi connectivity index (χ1n) is 11.8. The van der Waals surface area contributed by atoms with Crippen molar-refractivity contribution in [2.75, 3.05) is 32.8 Å². The molecule has 2 aromatic rings. The number of hydrogen-bond acceptors (Lipinski definition) is 5. The van der Waals surface area contributed by atoms with E-state index in [4.69, 9.17) is 9.73 Å². The average Bonchev–Trinajstić information content (AvgIpc) is 3.16. The van der Waals surface area contributed by atoms with Crippen LogP contribution in [0, 0.1) is 12.8 Å². The Morgan fingerprint density at radius 2 is 1.81 bits per heavy atom. The maximum absolute atomic E-state index is 5.60. The number of guanidine groups is 1. The van der Waals surface area contributed by atoms with Crippen LogP contribution >= 0.6 is 0 Å². The van der Waals surface area contributed by atoms with E-state index in [0.29, 0.717) is 25.0 Å². The van der Waals surface area contributed by atoms with E-state index in [1.807, 2.05) is 24.6 Å². The Kier molecular flexibility index (Phi) is 9.49. The molecule has 8 heteroatoms. The van der Waals surface area contributed by atoms with Crippen molar-refractivity contribution in [3.8, 4) is 0 Å². The van der Waals surface area contributed by atoms with Crippen LogP contribution in [-0.4, -0.2) is 64.5 Å². The van der Waals surface area contributed by atoms with Gasteiger partial charge in [0.2, 0.25) is 0 Å². The molecular formula is C24H39N7O. The summed E-state index contributed by atoms with van der Waals surface area (Å²) < 4.78 is 7.60. The molecule has 1 aliphatic rings. The first-order valence-corrected chi connectivity index (χ1v) is 11.8. The molecule has 3 rings (SSSR count). The van der Waals surface area contributed by atoms with Crippen molar-refractivity contribution < 1.29 is 4.74 Å². The molecule has 1 unspecified atom stereocenters. The third-order valence-electron chi connectivity index (χ3n) is 6.45. The number of ether oxygens (including phenoxy) is 1. The number of aliphatic imine (C=N–C) groups is 1. The van der Waals surface area contributed by atoms with E-state index in [1.165, 1.54) is 18.4 Å². The minimum absolute atomic E-state index is 0.453. The molecule has 1 aromatic heterocycles. The Balaban J connectivity index is 1.70. The van der Waals surface area contributed by atoms with Crippen LogP contribution in [0.5, 0.6) is 0 Å². The van der Waals surface area contributed by atoms with Crippen LogP contribution in [0.25, 0.3) is 0 Å². The monoisotopic (exact) mass is 441 g/mol. The molecule has 0 radical (unpaired) electrons. The van der Waals surface area contributed by atoms with Crippen LogP contribution in [0.3, 0.4) is 0 Å². The highest BCUT2D eigenvalue weighted by Crippen LogP contribution is 2.19. The highest BCUT2D eigenvalue weighted by Gasteiger charge is 2.27. The second-order valence-electron chi connectivity index (χ2n) is 8.40. The van der Waals surface area contributed by atoms with Gasteiger partial charge in [-0.1, -0.05) is 57.0 Å². The van der Waals surface area contributed by atoms with Gasteiger partial charge in [0.05, 0.1) is 26.3 Å². The van der Waals surface area contributed by atoms with Gasteiger partial charge in [-0.15, -0.1) is 10.2 Å². The van der Waals surface area contributed by atoms with Crippen LogP contribution in [0.15, 0.2) is 35.3 Å². The topological polar surface area (TPSA) is 79.6 Å². The Morgan fingerprint density at radius 1 is 1.09 bits per heavy atom. The van der Waals surface area contributed by atoms with Crippen molar-refractivity contribution in [2.24, 2.45) is 18.0 Å². The first kappa shape index (κ1) is 24.2. The highest BCUT2D eigenvalue weighted by atomic mass is 16.5. The van der Waals surface area contributed by atoms with E-state index in [9.17, 15) is 0 Å². The van der Waals surface area contributed by atoms with Crippen LogP contribution in [0.2, 0.25) is 0 Å².